The second-order valence-electron chi connectivity index (χ2n) is 8.26. The van der Waals surface area contributed by atoms with Crippen LogP contribution in [-0.4, -0.2) is 35.8 Å². The molecule has 0 amide bonds. The Labute approximate surface area is 179 Å². The van der Waals surface area contributed by atoms with E-state index < -0.39 is 0 Å². The zero-order valence-electron chi connectivity index (χ0n) is 17.4. The van der Waals surface area contributed by atoms with Crippen molar-refractivity contribution in [3.8, 4) is 0 Å². The summed E-state index contributed by atoms with van der Waals surface area (Å²) in [6.45, 7) is 2.90. The summed E-state index contributed by atoms with van der Waals surface area (Å²) in [5.41, 5.74) is 6.52. The molecule has 2 atom stereocenters. The van der Waals surface area contributed by atoms with Crippen LogP contribution in [0.2, 0.25) is 0 Å². The highest BCUT2D eigenvalue weighted by Gasteiger charge is 2.42. The average molecular weight is 394 g/mol. The molecule has 0 saturated carbocycles. The molecule has 5 rings (SSSR count). The minimum Gasteiger partial charge on any atom is -0.294 e. The molecule has 1 saturated heterocycles. The van der Waals surface area contributed by atoms with Gasteiger partial charge in [-0.1, -0.05) is 91.0 Å². The maximum Gasteiger partial charge on any atom is 0.0813 e. The van der Waals surface area contributed by atoms with E-state index in [1.807, 2.05) is 0 Å². The van der Waals surface area contributed by atoms with Gasteiger partial charge >= 0.3 is 0 Å². The van der Waals surface area contributed by atoms with Crippen LogP contribution in [0.4, 0.5) is 0 Å². The summed E-state index contributed by atoms with van der Waals surface area (Å²) < 4.78 is 0. The highest BCUT2D eigenvalue weighted by Crippen LogP contribution is 2.40. The molecule has 150 valence electrons. The molecule has 2 heterocycles. The van der Waals surface area contributed by atoms with Crippen molar-refractivity contribution in [2.45, 2.75) is 12.6 Å². The Hall–Kier alpha value is -3.17. The third kappa shape index (κ3) is 3.81. The van der Waals surface area contributed by atoms with Gasteiger partial charge < -0.3 is 0 Å². The van der Waals surface area contributed by atoms with Gasteiger partial charge in [0.1, 0.15) is 0 Å². The molecule has 0 aliphatic carbocycles. The number of piperidine rings is 1. The van der Waals surface area contributed by atoms with E-state index in [1.54, 1.807) is 0 Å². The SMILES string of the molecule is CN1N=C2C(=Cc3ccccc3)CN(Cc3ccccc3)C[C@H]2[C@@H]1c1ccccc1. The standard InChI is InChI=1S/C27H27N3/c1-29-27(23-15-9-4-10-16-23)25-20-30(18-22-13-7-3-8-14-22)19-24(26(25)28-29)17-21-11-5-2-6-12-21/h2-17,25,27H,18-20H2,1H3/t25-,27+/m1/s1. The predicted octanol–water partition coefficient (Wildman–Crippen LogP) is 5.24. The molecule has 1 fully saturated rings. The number of hydrazone groups is 1. The van der Waals surface area contributed by atoms with Crippen molar-refractivity contribution in [2.24, 2.45) is 11.0 Å². The summed E-state index contributed by atoms with van der Waals surface area (Å²) in [4.78, 5) is 2.57. The number of rotatable bonds is 4. The molecule has 0 spiro atoms. The lowest BCUT2D eigenvalue weighted by atomic mass is 9.83. The maximum atomic E-state index is 5.04. The molecule has 0 radical (unpaired) electrons. The van der Waals surface area contributed by atoms with Crippen molar-refractivity contribution < 1.29 is 0 Å². The van der Waals surface area contributed by atoms with Crippen LogP contribution >= 0.6 is 0 Å². The summed E-state index contributed by atoms with van der Waals surface area (Å²) in [5.74, 6) is 0.366. The van der Waals surface area contributed by atoms with Gasteiger partial charge in [0.05, 0.1) is 11.8 Å². The molecule has 3 aromatic carbocycles. The van der Waals surface area contributed by atoms with Gasteiger partial charge in [-0.2, -0.15) is 5.10 Å². The fourth-order valence-electron chi connectivity index (χ4n) is 4.80. The van der Waals surface area contributed by atoms with Crippen LogP contribution in [-0.2, 0) is 6.54 Å². The van der Waals surface area contributed by atoms with Gasteiger partial charge in [-0.15, -0.1) is 0 Å². The third-order valence-electron chi connectivity index (χ3n) is 6.11. The Balaban J connectivity index is 1.51. The normalized spacial score (nSPS) is 22.8. The van der Waals surface area contributed by atoms with Crippen LogP contribution in [0.15, 0.2) is 102 Å². The maximum absolute atomic E-state index is 5.04. The Kier molecular flexibility index (Phi) is 5.20. The quantitative estimate of drug-likeness (QED) is 0.603. The van der Waals surface area contributed by atoms with E-state index in [0.29, 0.717) is 5.92 Å². The minimum atomic E-state index is 0.277. The number of hydrogen-bond acceptors (Lipinski definition) is 3. The largest absolute Gasteiger partial charge is 0.294 e. The Bertz CT molecular complexity index is 1040. The minimum absolute atomic E-state index is 0.277. The van der Waals surface area contributed by atoms with Gasteiger partial charge in [-0.25, -0.2) is 0 Å². The summed E-state index contributed by atoms with van der Waals surface area (Å²) in [6.07, 6.45) is 2.32. The molecule has 0 bridgehead atoms. The van der Waals surface area contributed by atoms with Gasteiger partial charge in [0.2, 0.25) is 0 Å². The average Bonchev–Trinajstić information content (AvgIpc) is 3.12. The fourth-order valence-corrected chi connectivity index (χ4v) is 4.80. The summed E-state index contributed by atoms with van der Waals surface area (Å²) in [7, 11) is 2.12. The molecule has 3 aromatic rings. The van der Waals surface area contributed by atoms with Crippen LogP contribution < -0.4 is 0 Å². The summed E-state index contributed by atoms with van der Waals surface area (Å²) in [5, 5.41) is 7.21. The van der Waals surface area contributed by atoms with E-state index in [0.717, 1.165) is 19.6 Å². The van der Waals surface area contributed by atoms with Crippen LogP contribution in [0, 0.1) is 5.92 Å². The van der Waals surface area contributed by atoms with Crippen LogP contribution in [0.25, 0.3) is 6.08 Å². The molecule has 3 nitrogen and oxygen atoms in total. The summed E-state index contributed by atoms with van der Waals surface area (Å²) >= 11 is 0. The van der Waals surface area contributed by atoms with E-state index in [2.05, 4.69) is 114 Å². The zero-order chi connectivity index (χ0) is 20.3. The smallest absolute Gasteiger partial charge is 0.0813 e. The highest BCUT2D eigenvalue weighted by atomic mass is 15.5. The Morgan fingerprint density at radius 1 is 0.867 bits per heavy atom. The first kappa shape index (κ1) is 18.8. The molecule has 0 aromatic heterocycles. The number of hydrogen-bond donors (Lipinski definition) is 0. The van der Waals surface area contributed by atoms with Gasteiger partial charge in [0.25, 0.3) is 0 Å². The highest BCUT2D eigenvalue weighted by molar-refractivity contribution is 6.07. The first-order valence-electron chi connectivity index (χ1n) is 10.7. The van der Waals surface area contributed by atoms with E-state index in [9.17, 15) is 0 Å². The number of fused-ring (bicyclic) bond motifs is 1. The van der Waals surface area contributed by atoms with Crippen LogP contribution in [0.1, 0.15) is 22.7 Å². The monoisotopic (exact) mass is 393 g/mol. The Morgan fingerprint density at radius 2 is 1.50 bits per heavy atom. The second-order valence-corrected chi connectivity index (χ2v) is 8.26. The lowest BCUT2D eigenvalue weighted by molar-refractivity contribution is 0.190. The van der Waals surface area contributed by atoms with Crippen molar-refractivity contribution in [3.05, 3.63) is 113 Å². The van der Waals surface area contributed by atoms with Crippen molar-refractivity contribution in [1.82, 2.24) is 9.91 Å². The van der Waals surface area contributed by atoms with Crippen molar-refractivity contribution in [3.63, 3.8) is 0 Å². The fraction of sp³-hybridized carbons (Fsp3) is 0.222. The second kappa shape index (κ2) is 8.29. The summed E-state index contributed by atoms with van der Waals surface area (Å²) in [6, 6.07) is 32.5. The zero-order valence-corrected chi connectivity index (χ0v) is 17.4. The molecule has 3 heteroatoms. The number of likely N-dealkylation sites (tertiary alicyclic amines) is 1. The van der Waals surface area contributed by atoms with Gasteiger partial charge in [0, 0.05) is 32.6 Å². The predicted molar refractivity (Wildman–Crippen MR) is 124 cm³/mol. The lowest BCUT2D eigenvalue weighted by Gasteiger charge is -2.36. The van der Waals surface area contributed by atoms with E-state index in [1.165, 1.54) is 28.0 Å². The van der Waals surface area contributed by atoms with E-state index >= 15 is 0 Å². The van der Waals surface area contributed by atoms with Gasteiger partial charge in [-0.05, 0) is 28.3 Å². The third-order valence-corrected chi connectivity index (χ3v) is 6.11. The van der Waals surface area contributed by atoms with Crippen molar-refractivity contribution in [1.29, 1.82) is 0 Å². The van der Waals surface area contributed by atoms with Crippen LogP contribution in [0.5, 0.6) is 0 Å². The molecule has 0 unspecified atom stereocenters. The molecule has 2 aliphatic heterocycles. The van der Waals surface area contributed by atoms with E-state index in [-0.39, 0.29) is 6.04 Å². The number of nitrogens with zero attached hydrogens (tertiary/aromatic N) is 3. The molecular weight excluding hydrogens is 366 g/mol. The van der Waals surface area contributed by atoms with E-state index in [4.69, 9.17) is 5.10 Å². The van der Waals surface area contributed by atoms with Crippen molar-refractivity contribution in [2.75, 3.05) is 20.1 Å². The first-order valence-corrected chi connectivity index (χ1v) is 10.7. The Morgan fingerprint density at radius 3 is 2.20 bits per heavy atom. The number of benzene rings is 3. The van der Waals surface area contributed by atoms with Crippen molar-refractivity contribution >= 4 is 11.8 Å². The lowest BCUT2D eigenvalue weighted by Crippen LogP contribution is -2.43. The topological polar surface area (TPSA) is 18.8 Å². The van der Waals surface area contributed by atoms with Gasteiger partial charge in [-0.3, -0.25) is 9.91 Å². The molecule has 2 aliphatic rings. The van der Waals surface area contributed by atoms with Gasteiger partial charge in [0.15, 0.2) is 0 Å². The first-order chi connectivity index (χ1) is 14.8. The molecule has 0 N–H and O–H groups in total. The van der Waals surface area contributed by atoms with Crippen LogP contribution in [0.3, 0.4) is 0 Å². The molecular formula is C27H27N3. The molecule has 30 heavy (non-hydrogen) atoms.